The highest BCUT2D eigenvalue weighted by Gasteiger charge is 2.37. The lowest BCUT2D eigenvalue weighted by molar-refractivity contribution is -0.136. The predicted octanol–water partition coefficient (Wildman–Crippen LogP) is 4.46. The van der Waals surface area contributed by atoms with E-state index in [0.717, 1.165) is 45.0 Å². The number of imide groups is 1. The van der Waals surface area contributed by atoms with Crippen molar-refractivity contribution in [1.29, 1.82) is 0 Å². The Hall–Kier alpha value is -3.38. The normalized spacial score (nSPS) is 17.5. The largest absolute Gasteiger partial charge is 0.336 e. The van der Waals surface area contributed by atoms with Crippen molar-refractivity contribution >= 4 is 45.7 Å². The van der Waals surface area contributed by atoms with Gasteiger partial charge in [-0.05, 0) is 51.7 Å². The van der Waals surface area contributed by atoms with Crippen molar-refractivity contribution in [1.82, 2.24) is 9.80 Å². The van der Waals surface area contributed by atoms with Gasteiger partial charge in [-0.3, -0.25) is 19.3 Å². The second-order valence-corrected chi connectivity index (χ2v) is 8.66. The average molecular weight is 429 g/mol. The fourth-order valence-electron chi connectivity index (χ4n) is 4.10. The highest BCUT2D eigenvalue weighted by molar-refractivity contribution is 8.18. The zero-order chi connectivity index (χ0) is 21.4. The highest BCUT2D eigenvalue weighted by Crippen LogP contribution is 2.33. The summed E-state index contributed by atoms with van der Waals surface area (Å²) in [5, 5.41) is 1.68. The van der Waals surface area contributed by atoms with Gasteiger partial charge < -0.3 is 4.90 Å². The molecule has 0 unspecified atom stereocenters. The number of benzene rings is 3. The second kappa shape index (κ2) is 8.04. The molecule has 2 aliphatic heterocycles. The maximum atomic E-state index is 12.9. The molecule has 0 atom stereocenters. The molecule has 0 spiro atoms. The minimum absolute atomic E-state index is 0.205. The molecule has 1 fully saturated rings. The molecule has 2 heterocycles. The molecule has 0 N–H and O–H groups in total. The van der Waals surface area contributed by atoms with Crippen LogP contribution >= 0.6 is 11.8 Å². The van der Waals surface area contributed by atoms with Gasteiger partial charge in [0.15, 0.2) is 0 Å². The molecule has 3 aromatic carbocycles. The first-order valence-electron chi connectivity index (χ1n) is 10.2. The Balaban J connectivity index is 1.34. The first-order chi connectivity index (χ1) is 15.1. The molecule has 3 aromatic rings. The summed E-state index contributed by atoms with van der Waals surface area (Å²) in [5.74, 6) is -0.614. The minimum atomic E-state index is -0.409. The molecule has 1 saturated heterocycles. The van der Waals surface area contributed by atoms with Crippen molar-refractivity contribution in [2.24, 2.45) is 0 Å². The van der Waals surface area contributed by atoms with Crippen molar-refractivity contribution in [3.05, 3.63) is 88.3 Å². The molecule has 31 heavy (non-hydrogen) atoms. The first-order valence-corrected chi connectivity index (χ1v) is 11.0. The zero-order valence-electron chi connectivity index (χ0n) is 16.8. The van der Waals surface area contributed by atoms with Crippen LogP contribution in [-0.2, 0) is 22.6 Å². The summed E-state index contributed by atoms with van der Waals surface area (Å²) in [6.45, 7) is 0.884. The van der Waals surface area contributed by atoms with E-state index in [2.05, 4.69) is 6.07 Å². The molecule has 0 aromatic heterocycles. The summed E-state index contributed by atoms with van der Waals surface area (Å²) in [6.07, 6.45) is 2.53. The van der Waals surface area contributed by atoms with Crippen LogP contribution in [0.1, 0.15) is 16.7 Å². The van der Waals surface area contributed by atoms with E-state index in [1.54, 1.807) is 11.0 Å². The monoisotopic (exact) mass is 428 g/mol. The van der Waals surface area contributed by atoms with Crippen LogP contribution in [0.3, 0.4) is 0 Å². The zero-order valence-corrected chi connectivity index (χ0v) is 17.6. The van der Waals surface area contributed by atoms with Crippen molar-refractivity contribution in [3.63, 3.8) is 0 Å². The van der Waals surface area contributed by atoms with E-state index in [-0.39, 0.29) is 12.5 Å². The molecule has 5 rings (SSSR count). The van der Waals surface area contributed by atoms with Gasteiger partial charge in [-0.2, -0.15) is 0 Å². The third-order valence-electron chi connectivity index (χ3n) is 5.76. The smallest absolute Gasteiger partial charge is 0.294 e. The molecule has 5 nitrogen and oxygen atoms in total. The Labute approximate surface area is 184 Å². The number of hydrogen-bond donors (Lipinski definition) is 0. The van der Waals surface area contributed by atoms with Gasteiger partial charge in [0.05, 0.1) is 4.91 Å². The minimum Gasteiger partial charge on any atom is -0.336 e. The van der Waals surface area contributed by atoms with Gasteiger partial charge in [0.25, 0.3) is 11.1 Å². The molecule has 0 aliphatic carbocycles. The first kappa shape index (κ1) is 19.6. The molecule has 0 bridgehead atoms. The number of carbonyl (C=O) groups is 3. The number of fused-ring (bicyclic) bond motifs is 2. The number of hydrogen-bond acceptors (Lipinski definition) is 4. The fraction of sp³-hybridized carbons (Fsp3) is 0.160. The van der Waals surface area contributed by atoms with Crippen LogP contribution in [-0.4, -0.2) is 39.9 Å². The van der Waals surface area contributed by atoms with Gasteiger partial charge in [0, 0.05) is 13.1 Å². The number of rotatable bonds is 3. The van der Waals surface area contributed by atoms with E-state index in [1.807, 2.05) is 60.7 Å². The number of nitrogens with zero attached hydrogens (tertiary/aromatic N) is 2. The van der Waals surface area contributed by atoms with E-state index in [1.165, 1.54) is 5.56 Å². The van der Waals surface area contributed by atoms with E-state index in [9.17, 15) is 14.4 Å². The van der Waals surface area contributed by atoms with E-state index >= 15 is 0 Å². The van der Waals surface area contributed by atoms with Crippen molar-refractivity contribution in [2.75, 3.05) is 13.1 Å². The Bertz CT molecular complexity index is 1250. The Kier molecular flexibility index (Phi) is 5.08. The SMILES string of the molecule is O=C(CN1C(=O)SC(=Cc2cccc3ccccc23)C1=O)N1CCc2ccccc2C1. The molecule has 6 heteroatoms. The molecular weight excluding hydrogens is 408 g/mol. The lowest BCUT2D eigenvalue weighted by Gasteiger charge is -2.29. The van der Waals surface area contributed by atoms with Crippen molar-refractivity contribution in [2.45, 2.75) is 13.0 Å². The summed E-state index contributed by atoms with van der Waals surface area (Å²) in [6, 6.07) is 21.8. The molecule has 2 aliphatic rings. The summed E-state index contributed by atoms with van der Waals surface area (Å²) in [5.41, 5.74) is 3.24. The quantitative estimate of drug-likeness (QED) is 0.578. The number of carbonyl (C=O) groups excluding carboxylic acids is 3. The third kappa shape index (κ3) is 3.75. The van der Waals surface area contributed by atoms with Crippen LogP contribution in [0.5, 0.6) is 0 Å². The van der Waals surface area contributed by atoms with Gasteiger partial charge in [-0.15, -0.1) is 0 Å². The summed E-state index contributed by atoms with van der Waals surface area (Å²) < 4.78 is 0. The topological polar surface area (TPSA) is 57.7 Å². The van der Waals surface area contributed by atoms with E-state index in [0.29, 0.717) is 18.0 Å². The van der Waals surface area contributed by atoms with Crippen LogP contribution in [0.2, 0.25) is 0 Å². The van der Waals surface area contributed by atoms with Crippen LogP contribution in [0, 0.1) is 0 Å². The van der Waals surface area contributed by atoms with Gasteiger partial charge in [-0.1, -0.05) is 66.7 Å². The summed E-state index contributed by atoms with van der Waals surface area (Å²) in [4.78, 5) is 41.4. The standard InChI is InChI=1S/C25H20N2O3S/c28-23(26-13-12-17-6-1-2-8-20(17)15-26)16-27-24(29)22(31-25(27)30)14-19-10-5-9-18-7-3-4-11-21(18)19/h1-11,14H,12-13,15-16H2. The molecular formula is C25H20N2O3S. The van der Waals surface area contributed by atoms with Crippen LogP contribution in [0.25, 0.3) is 16.8 Å². The third-order valence-corrected chi connectivity index (χ3v) is 6.67. The maximum Gasteiger partial charge on any atom is 0.294 e. The van der Waals surface area contributed by atoms with Gasteiger partial charge in [0.1, 0.15) is 6.54 Å². The molecule has 0 saturated carbocycles. The molecule has 3 amide bonds. The van der Waals surface area contributed by atoms with Crippen LogP contribution < -0.4 is 0 Å². The van der Waals surface area contributed by atoms with Crippen molar-refractivity contribution < 1.29 is 14.4 Å². The Morgan fingerprint density at radius 3 is 2.55 bits per heavy atom. The summed E-state index contributed by atoms with van der Waals surface area (Å²) in [7, 11) is 0. The van der Waals surface area contributed by atoms with Gasteiger partial charge in [-0.25, -0.2) is 0 Å². The highest BCUT2D eigenvalue weighted by atomic mass is 32.2. The van der Waals surface area contributed by atoms with Gasteiger partial charge >= 0.3 is 0 Å². The maximum absolute atomic E-state index is 12.9. The van der Waals surface area contributed by atoms with E-state index in [4.69, 9.17) is 0 Å². The average Bonchev–Trinajstić information content (AvgIpc) is 3.06. The second-order valence-electron chi connectivity index (χ2n) is 7.67. The van der Waals surface area contributed by atoms with Crippen LogP contribution in [0.4, 0.5) is 4.79 Å². The van der Waals surface area contributed by atoms with Gasteiger partial charge in [0.2, 0.25) is 5.91 Å². The predicted molar refractivity (Wildman–Crippen MR) is 122 cm³/mol. The number of amides is 3. The molecule has 154 valence electrons. The Morgan fingerprint density at radius 1 is 0.935 bits per heavy atom. The Morgan fingerprint density at radius 2 is 1.68 bits per heavy atom. The van der Waals surface area contributed by atoms with E-state index < -0.39 is 11.1 Å². The lowest BCUT2D eigenvalue weighted by Crippen LogP contribution is -2.44. The molecule has 0 radical (unpaired) electrons. The number of thioether (sulfide) groups is 1. The lowest BCUT2D eigenvalue weighted by atomic mass is 10.00. The van der Waals surface area contributed by atoms with Crippen molar-refractivity contribution in [3.8, 4) is 0 Å². The fourth-order valence-corrected chi connectivity index (χ4v) is 4.93. The summed E-state index contributed by atoms with van der Waals surface area (Å²) >= 11 is 0.890. The van der Waals surface area contributed by atoms with Crippen LogP contribution in [0.15, 0.2) is 71.6 Å².